The summed E-state index contributed by atoms with van der Waals surface area (Å²) in [6.45, 7) is 7.49. The van der Waals surface area contributed by atoms with Gasteiger partial charge in [-0.15, -0.1) is 0 Å². The van der Waals surface area contributed by atoms with E-state index in [1.54, 1.807) is 0 Å². The third-order valence-electron chi connectivity index (χ3n) is 1.35. The van der Waals surface area contributed by atoms with Gasteiger partial charge in [0.05, 0.1) is 0 Å². The number of unbranched alkanes of at least 4 members (excludes halogenated alkanes) is 1. The Morgan fingerprint density at radius 2 is 1.75 bits per heavy atom. The lowest BCUT2D eigenvalue weighted by molar-refractivity contribution is 0.303. The molecule has 0 aromatic heterocycles. The molecule has 1 nitrogen and oxygen atoms in total. The zero-order valence-corrected chi connectivity index (χ0v) is 11.7. The van der Waals surface area contributed by atoms with Crippen molar-refractivity contribution in [3.8, 4) is 0 Å². The van der Waals surface area contributed by atoms with Crippen molar-refractivity contribution >= 4 is 37.9 Å². The maximum atomic E-state index is 5.72. The Morgan fingerprint density at radius 3 is 2.17 bits per heavy atom. The molecule has 0 heterocycles. The highest BCUT2D eigenvalue weighted by molar-refractivity contribution is 7.33. The second kappa shape index (κ2) is 6.43. The lowest BCUT2D eigenvalue weighted by Crippen LogP contribution is -2.25. The van der Waals surface area contributed by atoms with Gasteiger partial charge in [0.2, 0.25) is 7.42 Å². The molecule has 0 rings (SSSR count). The van der Waals surface area contributed by atoms with Gasteiger partial charge in [0.15, 0.2) is 8.32 Å². The lowest BCUT2D eigenvalue weighted by atomic mass is 10.4. The van der Waals surface area contributed by atoms with Crippen molar-refractivity contribution < 1.29 is 4.43 Å². The van der Waals surface area contributed by atoms with E-state index in [4.69, 9.17) is 26.6 Å². The standard InChI is InChI=1S/C7H18Cl2OSi2/c1-12(2,3)10-6-4-5-7-11(8)9/h11H,4-7H2,1-3H3. The first-order valence-corrected chi connectivity index (χ1v) is 12.1. The predicted molar refractivity (Wildman–Crippen MR) is 62.2 cm³/mol. The van der Waals surface area contributed by atoms with Gasteiger partial charge in [-0.25, -0.2) is 0 Å². The summed E-state index contributed by atoms with van der Waals surface area (Å²) in [4.78, 5) is 0. The lowest BCUT2D eigenvalue weighted by Gasteiger charge is -2.16. The van der Waals surface area contributed by atoms with E-state index in [1.165, 1.54) is 0 Å². The van der Waals surface area contributed by atoms with Crippen molar-refractivity contribution in [3.05, 3.63) is 0 Å². The number of halogens is 2. The third kappa shape index (κ3) is 11.0. The van der Waals surface area contributed by atoms with Gasteiger partial charge in [-0.2, -0.15) is 22.2 Å². The molecule has 0 unspecified atom stereocenters. The van der Waals surface area contributed by atoms with Gasteiger partial charge >= 0.3 is 0 Å². The minimum atomic E-state index is -1.35. The van der Waals surface area contributed by atoms with Crippen LogP contribution in [0.3, 0.4) is 0 Å². The quantitative estimate of drug-likeness (QED) is 0.396. The minimum absolute atomic E-state index is 0.880. The molecule has 5 heteroatoms. The van der Waals surface area contributed by atoms with E-state index in [2.05, 4.69) is 19.6 Å². The summed E-state index contributed by atoms with van der Waals surface area (Å²) in [5.74, 6) is 0. The van der Waals surface area contributed by atoms with E-state index < -0.39 is 15.7 Å². The summed E-state index contributed by atoms with van der Waals surface area (Å²) >= 11 is 11.4. The van der Waals surface area contributed by atoms with E-state index in [0.29, 0.717) is 0 Å². The molecule has 0 aliphatic heterocycles. The van der Waals surface area contributed by atoms with Crippen LogP contribution in [0.15, 0.2) is 0 Å². The van der Waals surface area contributed by atoms with Crippen LogP contribution in [0, 0.1) is 0 Å². The van der Waals surface area contributed by atoms with E-state index in [-0.39, 0.29) is 0 Å². The molecule has 0 amide bonds. The van der Waals surface area contributed by atoms with Crippen LogP contribution in [-0.4, -0.2) is 22.3 Å². The van der Waals surface area contributed by atoms with Crippen molar-refractivity contribution in [3.63, 3.8) is 0 Å². The Kier molecular flexibility index (Phi) is 6.95. The van der Waals surface area contributed by atoms with Gasteiger partial charge in [-0.1, -0.05) is 6.42 Å². The molecular weight excluding hydrogens is 227 g/mol. The average Bonchev–Trinajstić information content (AvgIpc) is 1.83. The van der Waals surface area contributed by atoms with Crippen LogP contribution >= 0.6 is 22.2 Å². The number of hydrogen-bond donors (Lipinski definition) is 0. The molecule has 0 aromatic carbocycles. The van der Waals surface area contributed by atoms with Gasteiger partial charge in [-0.3, -0.25) is 0 Å². The summed E-state index contributed by atoms with van der Waals surface area (Å²) in [7, 11) is -2.64. The molecule has 12 heavy (non-hydrogen) atoms. The molecule has 0 fully saturated rings. The van der Waals surface area contributed by atoms with E-state index in [0.717, 1.165) is 25.5 Å². The largest absolute Gasteiger partial charge is 0.418 e. The first-order valence-electron chi connectivity index (χ1n) is 4.34. The fraction of sp³-hybridized carbons (Fsp3) is 1.00. The fourth-order valence-corrected chi connectivity index (χ4v) is 3.06. The van der Waals surface area contributed by atoms with Crippen LogP contribution in [0.4, 0.5) is 0 Å². The smallest absolute Gasteiger partial charge is 0.237 e. The molecule has 74 valence electrons. The van der Waals surface area contributed by atoms with Crippen molar-refractivity contribution in [2.75, 3.05) is 6.61 Å². The zero-order valence-electron chi connectivity index (χ0n) is 8.07. The second-order valence-electron chi connectivity index (χ2n) is 3.85. The van der Waals surface area contributed by atoms with Gasteiger partial charge in [-0.05, 0) is 32.1 Å². The van der Waals surface area contributed by atoms with E-state index in [9.17, 15) is 0 Å². The van der Waals surface area contributed by atoms with Crippen LogP contribution in [0.5, 0.6) is 0 Å². The summed E-state index contributed by atoms with van der Waals surface area (Å²) in [5.41, 5.74) is 0. The third-order valence-corrected chi connectivity index (χ3v) is 4.58. The fourth-order valence-electron chi connectivity index (χ4n) is 0.779. The van der Waals surface area contributed by atoms with Crippen molar-refractivity contribution in [1.29, 1.82) is 0 Å². The summed E-state index contributed by atoms with van der Waals surface area (Å²) in [6, 6.07) is 1.01. The van der Waals surface area contributed by atoms with Crippen LogP contribution in [0.25, 0.3) is 0 Å². The predicted octanol–water partition coefficient (Wildman–Crippen LogP) is 3.32. The molecule has 0 N–H and O–H groups in total. The van der Waals surface area contributed by atoms with E-state index in [1.807, 2.05) is 0 Å². The average molecular weight is 245 g/mol. The SMILES string of the molecule is C[Si](C)(C)OCCCC[SiH](Cl)Cl. The molecule has 0 saturated carbocycles. The van der Waals surface area contributed by atoms with Gasteiger partial charge in [0.1, 0.15) is 0 Å². The molecule has 0 aliphatic carbocycles. The molecule has 0 aromatic rings. The Balaban J connectivity index is 3.12. The van der Waals surface area contributed by atoms with Crippen molar-refractivity contribution in [2.45, 2.75) is 38.5 Å². The summed E-state index contributed by atoms with van der Waals surface area (Å²) in [6.07, 6.45) is 2.22. The molecular formula is C7H18Cl2OSi2. The summed E-state index contributed by atoms with van der Waals surface area (Å²) in [5, 5.41) is 0. The minimum Gasteiger partial charge on any atom is -0.418 e. The molecule has 0 atom stereocenters. The molecule has 0 bridgehead atoms. The van der Waals surface area contributed by atoms with Gasteiger partial charge in [0.25, 0.3) is 0 Å². The first-order chi connectivity index (χ1) is 5.42. The van der Waals surface area contributed by atoms with E-state index >= 15 is 0 Å². The Hall–Kier alpha value is 0.974. The highest BCUT2D eigenvalue weighted by Crippen LogP contribution is 2.10. The highest BCUT2D eigenvalue weighted by Gasteiger charge is 2.13. The normalized spacial score (nSPS) is 12.5. The molecule has 0 aliphatic rings. The first kappa shape index (κ1) is 13.0. The molecule has 0 spiro atoms. The topological polar surface area (TPSA) is 9.23 Å². The second-order valence-corrected chi connectivity index (χ2v) is 13.6. The van der Waals surface area contributed by atoms with Crippen molar-refractivity contribution in [2.24, 2.45) is 0 Å². The zero-order chi connectivity index (χ0) is 9.61. The number of rotatable bonds is 6. The Morgan fingerprint density at radius 1 is 1.17 bits per heavy atom. The van der Waals surface area contributed by atoms with Crippen LogP contribution in [0.1, 0.15) is 12.8 Å². The van der Waals surface area contributed by atoms with Crippen LogP contribution in [-0.2, 0) is 4.43 Å². The van der Waals surface area contributed by atoms with Crippen molar-refractivity contribution in [1.82, 2.24) is 0 Å². The maximum absolute atomic E-state index is 5.72. The molecule has 0 saturated heterocycles. The highest BCUT2D eigenvalue weighted by atomic mass is 35.7. The summed E-state index contributed by atoms with van der Waals surface area (Å²) < 4.78 is 5.68. The number of hydrogen-bond acceptors (Lipinski definition) is 1. The Bertz CT molecular complexity index is 114. The van der Waals surface area contributed by atoms with Gasteiger partial charge in [0, 0.05) is 6.61 Å². The maximum Gasteiger partial charge on any atom is 0.237 e. The Labute approximate surface area is 87.5 Å². The monoisotopic (exact) mass is 244 g/mol. The van der Waals surface area contributed by atoms with Crippen LogP contribution in [0.2, 0.25) is 25.7 Å². The van der Waals surface area contributed by atoms with Crippen LogP contribution < -0.4 is 0 Å². The molecule has 0 radical (unpaired) electrons. The van der Waals surface area contributed by atoms with Gasteiger partial charge < -0.3 is 4.43 Å².